The Kier molecular flexibility index (Phi) is 8.03. The van der Waals surface area contributed by atoms with Crippen molar-refractivity contribution in [3.63, 3.8) is 0 Å². The molecule has 1 aromatic carbocycles. The largest absolute Gasteiger partial charge is 0.335 e. The van der Waals surface area contributed by atoms with Crippen LogP contribution in [0, 0.1) is 17.6 Å². The molecule has 1 saturated carbocycles. The van der Waals surface area contributed by atoms with Crippen LogP contribution in [0.2, 0.25) is 0 Å². The molecule has 6 aromatic rings. The molecule has 0 bridgehead atoms. The van der Waals surface area contributed by atoms with Gasteiger partial charge in [-0.25, -0.2) is 32.2 Å². The molecule has 46 heavy (non-hydrogen) atoms. The number of fused-ring (bicyclic) bond motifs is 2. The van der Waals surface area contributed by atoms with Crippen molar-refractivity contribution < 1.29 is 17.2 Å². The number of nitrogens with zero attached hydrogens (tertiary/aromatic N) is 5. The van der Waals surface area contributed by atoms with E-state index < -0.39 is 21.5 Å². The summed E-state index contributed by atoms with van der Waals surface area (Å²) >= 11 is 0. The maximum absolute atomic E-state index is 16.3. The van der Waals surface area contributed by atoms with Crippen LogP contribution < -0.4 is 5.32 Å². The highest BCUT2D eigenvalue weighted by atomic mass is 32.2. The lowest BCUT2D eigenvalue weighted by atomic mass is 10.0. The lowest BCUT2D eigenvalue weighted by Gasteiger charge is -2.11. The number of H-pyrrole nitrogens is 2. The van der Waals surface area contributed by atoms with Crippen LogP contribution in [0.15, 0.2) is 55.1 Å². The molecule has 13 heteroatoms. The van der Waals surface area contributed by atoms with Gasteiger partial charge in [-0.1, -0.05) is 18.9 Å². The van der Waals surface area contributed by atoms with Crippen LogP contribution >= 0.6 is 0 Å². The van der Waals surface area contributed by atoms with Gasteiger partial charge in [0.1, 0.15) is 27.2 Å². The van der Waals surface area contributed by atoms with E-state index in [4.69, 9.17) is 0 Å². The molecule has 0 spiro atoms. The summed E-state index contributed by atoms with van der Waals surface area (Å²) in [4.78, 5) is 21.0. The van der Waals surface area contributed by atoms with Gasteiger partial charge >= 0.3 is 0 Å². The van der Waals surface area contributed by atoms with Crippen LogP contribution in [0.1, 0.15) is 36.8 Å². The first-order chi connectivity index (χ1) is 22.2. The molecule has 1 fully saturated rings. The molecule has 10 nitrogen and oxygen atoms in total. The van der Waals surface area contributed by atoms with Gasteiger partial charge in [0.05, 0.1) is 16.7 Å². The van der Waals surface area contributed by atoms with Crippen LogP contribution in [0.4, 0.5) is 8.78 Å². The quantitative estimate of drug-likeness (QED) is 0.171. The topological polar surface area (TPSA) is 142 Å². The normalized spacial score (nSPS) is 14.2. The van der Waals surface area contributed by atoms with E-state index >= 15 is 4.39 Å². The number of aromatic nitrogens is 7. The molecule has 236 valence electrons. The van der Waals surface area contributed by atoms with Crippen molar-refractivity contribution in [1.82, 2.24) is 40.4 Å². The summed E-state index contributed by atoms with van der Waals surface area (Å²) in [5.41, 5.74) is 4.85. The number of imidazole rings is 1. The maximum atomic E-state index is 16.3. The van der Waals surface area contributed by atoms with E-state index in [1.165, 1.54) is 44.0 Å². The Balaban J connectivity index is 1.22. The number of benzene rings is 1. The average molecular weight is 643 g/mol. The third-order valence-corrected chi connectivity index (χ3v) is 9.47. The van der Waals surface area contributed by atoms with Crippen LogP contribution in [0.3, 0.4) is 0 Å². The number of hydrogen-bond donors (Lipinski definition) is 3. The Morgan fingerprint density at radius 3 is 2.61 bits per heavy atom. The third-order valence-electron chi connectivity index (χ3n) is 8.52. The van der Waals surface area contributed by atoms with Gasteiger partial charge < -0.3 is 10.3 Å². The fourth-order valence-electron chi connectivity index (χ4n) is 6.21. The molecule has 0 unspecified atom stereocenters. The summed E-state index contributed by atoms with van der Waals surface area (Å²) in [5, 5.41) is 10.8. The second kappa shape index (κ2) is 12.3. The molecule has 0 aliphatic heterocycles. The molecule has 5 aromatic heterocycles. The zero-order valence-corrected chi connectivity index (χ0v) is 26.0. The Morgan fingerprint density at radius 1 is 0.957 bits per heavy atom. The highest BCUT2D eigenvalue weighted by Crippen LogP contribution is 2.34. The summed E-state index contributed by atoms with van der Waals surface area (Å²) < 4.78 is 54.3. The summed E-state index contributed by atoms with van der Waals surface area (Å²) in [6, 6.07) is 8.08. The minimum absolute atomic E-state index is 0.0952. The Hall–Kier alpha value is -4.62. The number of nitrogens with one attached hydrogen (secondary N) is 3. The van der Waals surface area contributed by atoms with Gasteiger partial charge in [-0.15, -0.1) is 0 Å². The molecule has 0 amide bonds. The van der Waals surface area contributed by atoms with E-state index in [2.05, 4.69) is 40.4 Å². The van der Waals surface area contributed by atoms with Gasteiger partial charge in [0.15, 0.2) is 17.1 Å². The van der Waals surface area contributed by atoms with Crippen molar-refractivity contribution >= 4 is 32.0 Å². The highest BCUT2D eigenvalue weighted by Gasteiger charge is 2.22. The van der Waals surface area contributed by atoms with Gasteiger partial charge in [-0.05, 0) is 72.7 Å². The summed E-state index contributed by atoms with van der Waals surface area (Å²) in [6.07, 6.45) is 12.8. The van der Waals surface area contributed by atoms with Crippen LogP contribution in [-0.4, -0.2) is 62.1 Å². The van der Waals surface area contributed by atoms with Crippen LogP contribution in [0.25, 0.3) is 56.0 Å². The molecule has 0 atom stereocenters. The smallest absolute Gasteiger partial charge is 0.184 e. The molecule has 3 N–H and O–H groups in total. The third kappa shape index (κ3) is 6.24. The molecule has 0 saturated heterocycles. The molecule has 0 radical (unpaired) electrons. The first kappa shape index (κ1) is 30.1. The Morgan fingerprint density at radius 2 is 1.78 bits per heavy atom. The van der Waals surface area contributed by atoms with Crippen LogP contribution in [-0.2, 0) is 22.8 Å². The van der Waals surface area contributed by atoms with Crippen molar-refractivity contribution in [2.75, 3.05) is 18.6 Å². The van der Waals surface area contributed by atoms with Crippen molar-refractivity contribution in [3.8, 4) is 33.8 Å². The molecular weight excluding hydrogens is 610 g/mol. The van der Waals surface area contributed by atoms with Crippen LogP contribution in [0.5, 0.6) is 0 Å². The summed E-state index contributed by atoms with van der Waals surface area (Å²) in [6.45, 7) is 1.60. The van der Waals surface area contributed by atoms with E-state index in [0.29, 0.717) is 51.6 Å². The van der Waals surface area contributed by atoms with Crippen molar-refractivity contribution in [1.29, 1.82) is 0 Å². The van der Waals surface area contributed by atoms with Gasteiger partial charge in [-0.3, -0.25) is 10.1 Å². The molecule has 1 aliphatic carbocycles. The molecule has 1 aliphatic rings. The first-order valence-corrected chi connectivity index (χ1v) is 17.3. The average Bonchev–Trinajstić information content (AvgIpc) is 3.80. The van der Waals surface area contributed by atoms with Crippen molar-refractivity contribution in [2.24, 2.45) is 5.92 Å². The lowest BCUT2D eigenvalue weighted by Crippen LogP contribution is -2.20. The van der Waals surface area contributed by atoms with E-state index in [9.17, 15) is 12.8 Å². The molecule has 7 rings (SSSR count). The fraction of sp³-hybridized carbons (Fsp3) is 0.303. The standard InChI is InChI=1S/C33H32F2N8O2S/c1-46(44,45)9-7-20-10-22(13-24(34)12-20)25-6-8-38-32-29(25)40-33(41-32)30-27-28(35)26(18-39-31(27)43-42-30)23-11-21(16-37-17-23)15-36-14-19-4-2-3-5-19/h6,8,10-13,16-19,36H,2-5,7,9,14-15H2,1H3,(H,38,40,41)(H,39,42,43). The van der Waals surface area contributed by atoms with Gasteiger partial charge in [0.2, 0.25) is 0 Å². The van der Waals surface area contributed by atoms with Gasteiger partial charge in [0.25, 0.3) is 0 Å². The summed E-state index contributed by atoms with van der Waals surface area (Å²) in [7, 11) is -3.22. The molecular formula is C33H32F2N8O2S. The fourth-order valence-corrected chi connectivity index (χ4v) is 6.82. The van der Waals surface area contributed by atoms with Gasteiger partial charge in [0, 0.05) is 54.3 Å². The summed E-state index contributed by atoms with van der Waals surface area (Å²) in [5.74, 6) is -0.105. The lowest BCUT2D eigenvalue weighted by molar-refractivity contribution is 0.489. The Labute approximate surface area is 264 Å². The zero-order chi connectivity index (χ0) is 31.8. The minimum atomic E-state index is -3.22. The predicted octanol–water partition coefficient (Wildman–Crippen LogP) is 5.77. The number of aromatic amines is 2. The number of hydrogen-bond acceptors (Lipinski definition) is 8. The molecule has 5 heterocycles. The number of sulfone groups is 1. The second-order valence-corrected chi connectivity index (χ2v) is 14.3. The number of aryl methyl sites for hydroxylation is 1. The van der Waals surface area contributed by atoms with E-state index in [1.54, 1.807) is 30.7 Å². The predicted molar refractivity (Wildman–Crippen MR) is 172 cm³/mol. The zero-order valence-electron chi connectivity index (χ0n) is 25.1. The first-order valence-electron chi connectivity index (χ1n) is 15.2. The number of rotatable bonds is 10. The van der Waals surface area contributed by atoms with E-state index in [0.717, 1.165) is 18.4 Å². The van der Waals surface area contributed by atoms with Gasteiger partial charge in [-0.2, -0.15) is 5.10 Å². The number of halogens is 2. The maximum Gasteiger partial charge on any atom is 0.184 e. The van der Waals surface area contributed by atoms with E-state index in [1.807, 2.05) is 6.07 Å². The number of pyridine rings is 3. The van der Waals surface area contributed by atoms with Crippen molar-refractivity contribution in [3.05, 3.63) is 77.9 Å². The van der Waals surface area contributed by atoms with E-state index in [-0.39, 0.29) is 34.6 Å². The highest BCUT2D eigenvalue weighted by molar-refractivity contribution is 7.90. The SMILES string of the molecule is CS(=O)(=O)CCc1cc(F)cc(-c2ccnc3nc(-c4[nH]nc5ncc(-c6cncc(CNCC7CCCC7)c6)c(F)c45)[nH]c23)c1. The Bertz CT molecular complexity index is 2170. The minimum Gasteiger partial charge on any atom is -0.335 e. The van der Waals surface area contributed by atoms with Crippen molar-refractivity contribution in [2.45, 2.75) is 38.6 Å². The second-order valence-electron chi connectivity index (χ2n) is 12.0. The monoisotopic (exact) mass is 642 g/mol.